The zero-order chi connectivity index (χ0) is 20.2. The van der Waals surface area contributed by atoms with Crippen LogP contribution in [0.1, 0.15) is 21.6 Å². The second kappa shape index (κ2) is 8.67. The van der Waals surface area contributed by atoms with Gasteiger partial charge in [0.25, 0.3) is 0 Å². The molecular weight excluding hydrogens is 429 g/mol. The predicted molar refractivity (Wildman–Crippen MR) is 126 cm³/mol. The Morgan fingerprint density at radius 2 is 0.933 bits per heavy atom. The van der Waals surface area contributed by atoms with E-state index in [2.05, 4.69) is 121 Å². The summed E-state index contributed by atoms with van der Waals surface area (Å²) in [5, 5.41) is 0. The number of rotatable bonds is 5. The molecule has 0 amide bonds. The third kappa shape index (κ3) is 3.80. The van der Waals surface area contributed by atoms with Gasteiger partial charge >= 0.3 is 184 Å². The SMILES string of the molecule is c1ccc(-c2nc(C(c3ccccc3)c3ccccc3)[se]c2-c2ccccc2)cc1. The Hall–Kier alpha value is -3.19. The number of benzene rings is 4. The van der Waals surface area contributed by atoms with Crippen LogP contribution in [0.4, 0.5) is 0 Å². The van der Waals surface area contributed by atoms with Gasteiger partial charge in [-0.2, -0.15) is 0 Å². The van der Waals surface area contributed by atoms with Gasteiger partial charge in [-0.1, -0.05) is 0 Å². The minimum absolute atomic E-state index is 0.142. The topological polar surface area (TPSA) is 12.9 Å². The molecule has 0 unspecified atom stereocenters. The Kier molecular flexibility index (Phi) is 5.44. The Morgan fingerprint density at radius 1 is 0.500 bits per heavy atom. The van der Waals surface area contributed by atoms with E-state index in [0.29, 0.717) is 0 Å². The standard InChI is InChI=1S/C28H21NSe/c1-5-13-21(14-6-1)25(22-15-7-2-8-16-22)28-29-26(23-17-9-3-10-18-23)27(30-28)24-19-11-4-12-20-24/h1-20,25H. The Morgan fingerprint density at radius 3 is 1.43 bits per heavy atom. The maximum atomic E-state index is 5.29. The molecule has 1 nitrogen and oxygen atoms in total. The van der Waals surface area contributed by atoms with Gasteiger partial charge in [-0.05, 0) is 0 Å². The predicted octanol–water partition coefficient (Wildman–Crippen LogP) is 6.65. The second-order valence-electron chi connectivity index (χ2n) is 7.22. The van der Waals surface area contributed by atoms with E-state index in [0.717, 1.165) is 5.69 Å². The molecule has 0 radical (unpaired) electrons. The first-order valence-corrected chi connectivity index (χ1v) is 11.8. The summed E-state index contributed by atoms with van der Waals surface area (Å²) in [6.45, 7) is 0. The average Bonchev–Trinajstić information content (AvgIpc) is 3.27. The van der Waals surface area contributed by atoms with Crippen LogP contribution >= 0.6 is 0 Å². The quantitative estimate of drug-likeness (QED) is 0.273. The van der Waals surface area contributed by atoms with Crippen molar-refractivity contribution in [3.63, 3.8) is 0 Å². The summed E-state index contributed by atoms with van der Waals surface area (Å²) in [5.74, 6) is 0.173. The zero-order valence-electron chi connectivity index (χ0n) is 16.5. The van der Waals surface area contributed by atoms with Crippen molar-refractivity contribution in [3.8, 4) is 21.3 Å². The molecule has 0 N–H and O–H groups in total. The third-order valence-electron chi connectivity index (χ3n) is 5.24. The number of aromatic nitrogens is 1. The third-order valence-corrected chi connectivity index (χ3v) is 7.69. The van der Waals surface area contributed by atoms with E-state index in [1.165, 1.54) is 31.3 Å². The normalized spacial score (nSPS) is 11.0. The van der Waals surface area contributed by atoms with E-state index in [1.54, 1.807) is 0 Å². The fourth-order valence-electron chi connectivity index (χ4n) is 3.81. The number of hydrogen-bond donors (Lipinski definition) is 0. The van der Waals surface area contributed by atoms with Crippen LogP contribution in [0.15, 0.2) is 121 Å². The maximum absolute atomic E-state index is 5.29. The molecule has 5 aromatic rings. The Bertz CT molecular complexity index is 1120. The molecule has 0 aliphatic heterocycles. The van der Waals surface area contributed by atoms with Crippen LogP contribution in [0.3, 0.4) is 0 Å². The first-order valence-electron chi connectivity index (χ1n) is 10.1. The van der Waals surface area contributed by atoms with Crippen molar-refractivity contribution < 1.29 is 0 Å². The van der Waals surface area contributed by atoms with Gasteiger partial charge in [0.2, 0.25) is 0 Å². The van der Waals surface area contributed by atoms with Crippen molar-refractivity contribution in [2.75, 3.05) is 0 Å². The molecule has 144 valence electrons. The van der Waals surface area contributed by atoms with E-state index in [9.17, 15) is 0 Å². The summed E-state index contributed by atoms with van der Waals surface area (Å²) >= 11 is 0.142. The summed E-state index contributed by atoms with van der Waals surface area (Å²) in [5.41, 5.74) is 6.17. The summed E-state index contributed by atoms with van der Waals surface area (Å²) in [6, 6.07) is 42.8. The molecule has 0 atom stereocenters. The van der Waals surface area contributed by atoms with Gasteiger partial charge in [0.15, 0.2) is 0 Å². The second-order valence-corrected chi connectivity index (χ2v) is 9.38. The van der Waals surface area contributed by atoms with Crippen molar-refractivity contribution in [2.24, 2.45) is 0 Å². The van der Waals surface area contributed by atoms with E-state index in [-0.39, 0.29) is 20.4 Å². The summed E-state index contributed by atoms with van der Waals surface area (Å²) < 4.78 is 2.62. The molecule has 4 aromatic carbocycles. The Balaban J connectivity index is 1.72. The van der Waals surface area contributed by atoms with Crippen LogP contribution in [0, 0.1) is 0 Å². The van der Waals surface area contributed by atoms with Crippen molar-refractivity contribution in [3.05, 3.63) is 137 Å². The molecule has 0 saturated carbocycles. The van der Waals surface area contributed by atoms with Crippen LogP contribution in [-0.2, 0) is 0 Å². The molecule has 0 fully saturated rings. The van der Waals surface area contributed by atoms with E-state index in [4.69, 9.17) is 4.98 Å². The van der Waals surface area contributed by atoms with E-state index < -0.39 is 0 Å². The van der Waals surface area contributed by atoms with Gasteiger partial charge in [0.1, 0.15) is 0 Å². The Labute approximate surface area is 183 Å². The molecule has 30 heavy (non-hydrogen) atoms. The zero-order valence-corrected chi connectivity index (χ0v) is 18.2. The van der Waals surface area contributed by atoms with Crippen molar-refractivity contribution in [1.82, 2.24) is 4.98 Å². The van der Waals surface area contributed by atoms with Crippen molar-refractivity contribution >= 4 is 14.5 Å². The van der Waals surface area contributed by atoms with Crippen LogP contribution in [0.2, 0.25) is 0 Å². The van der Waals surface area contributed by atoms with E-state index >= 15 is 0 Å². The summed E-state index contributed by atoms with van der Waals surface area (Å²) in [6.07, 6.45) is 0. The molecule has 1 heterocycles. The van der Waals surface area contributed by atoms with Gasteiger partial charge in [-0.15, -0.1) is 0 Å². The van der Waals surface area contributed by atoms with Gasteiger partial charge in [0.05, 0.1) is 0 Å². The molecule has 5 rings (SSSR count). The van der Waals surface area contributed by atoms with Gasteiger partial charge in [0, 0.05) is 0 Å². The van der Waals surface area contributed by atoms with Gasteiger partial charge < -0.3 is 0 Å². The molecule has 0 aliphatic carbocycles. The van der Waals surface area contributed by atoms with Crippen LogP contribution in [0.5, 0.6) is 0 Å². The molecule has 2 heteroatoms. The van der Waals surface area contributed by atoms with Gasteiger partial charge in [-0.3, -0.25) is 0 Å². The average molecular weight is 450 g/mol. The first-order chi connectivity index (χ1) is 14.9. The monoisotopic (exact) mass is 451 g/mol. The molecular formula is C28H21NSe. The minimum atomic E-state index is 0.142. The van der Waals surface area contributed by atoms with Crippen LogP contribution < -0.4 is 0 Å². The molecule has 0 saturated heterocycles. The molecule has 1 aromatic heterocycles. The summed E-state index contributed by atoms with van der Waals surface area (Å²) in [7, 11) is 0. The summed E-state index contributed by atoms with van der Waals surface area (Å²) in [4.78, 5) is 5.29. The van der Waals surface area contributed by atoms with E-state index in [1.807, 2.05) is 0 Å². The molecule has 0 bridgehead atoms. The van der Waals surface area contributed by atoms with Crippen molar-refractivity contribution in [1.29, 1.82) is 0 Å². The van der Waals surface area contributed by atoms with Crippen LogP contribution in [0.25, 0.3) is 21.3 Å². The molecule has 0 aliphatic rings. The van der Waals surface area contributed by atoms with Gasteiger partial charge in [-0.25, -0.2) is 0 Å². The first kappa shape index (κ1) is 18.8. The molecule has 0 spiro atoms. The number of hydrogen-bond acceptors (Lipinski definition) is 1. The number of nitrogens with zero attached hydrogens (tertiary/aromatic N) is 1. The van der Waals surface area contributed by atoms with Crippen LogP contribution in [-0.4, -0.2) is 19.5 Å². The fourth-order valence-corrected chi connectivity index (χ4v) is 6.43. The van der Waals surface area contributed by atoms with Crippen molar-refractivity contribution in [2.45, 2.75) is 5.92 Å². The fraction of sp³-hybridized carbons (Fsp3) is 0.0357.